The van der Waals surface area contributed by atoms with E-state index in [9.17, 15) is 5.11 Å². The summed E-state index contributed by atoms with van der Waals surface area (Å²) in [6.07, 6.45) is -0.769. The fourth-order valence-corrected chi connectivity index (χ4v) is 2.87. The first-order valence-corrected chi connectivity index (χ1v) is 7.56. The summed E-state index contributed by atoms with van der Waals surface area (Å²) in [6.45, 7) is 0.276. The van der Waals surface area contributed by atoms with E-state index in [0.717, 1.165) is 11.0 Å². The van der Waals surface area contributed by atoms with Crippen molar-refractivity contribution in [3.8, 4) is 0 Å². The average Bonchev–Trinajstić information content (AvgIpc) is 2.75. The summed E-state index contributed by atoms with van der Waals surface area (Å²) < 4.78 is 3.57. The second-order valence-corrected chi connectivity index (χ2v) is 5.99. The minimum absolute atomic E-state index is 0.276. The van der Waals surface area contributed by atoms with Gasteiger partial charge in [0, 0.05) is 7.05 Å². The number of imidazole rings is 1. The second-order valence-electron chi connectivity index (χ2n) is 5.17. The van der Waals surface area contributed by atoms with E-state index in [-0.39, 0.29) is 6.54 Å². The molecule has 0 bridgehead atoms. The molecule has 3 rings (SSSR count). The molecule has 22 heavy (non-hydrogen) atoms. The van der Waals surface area contributed by atoms with E-state index in [1.54, 1.807) is 27.3 Å². The van der Waals surface area contributed by atoms with Crippen LogP contribution >= 0.6 is 23.2 Å². The van der Waals surface area contributed by atoms with Gasteiger partial charge in [0.1, 0.15) is 0 Å². The summed E-state index contributed by atoms with van der Waals surface area (Å²) in [6, 6.07) is 12.8. The number of rotatable bonds is 3. The topological polar surface area (TPSA) is 53.9 Å². The number of aromatic nitrogens is 2. The van der Waals surface area contributed by atoms with E-state index >= 15 is 0 Å². The maximum atomic E-state index is 10.5. The molecule has 2 aromatic carbocycles. The van der Waals surface area contributed by atoms with Gasteiger partial charge in [-0.05, 0) is 29.8 Å². The highest BCUT2D eigenvalue weighted by molar-refractivity contribution is 6.42. The Labute approximate surface area is 137 Å². The number of aliphatic hydroxyl groups is 1. The third-order valence-electron chi connectivity index (χ3n) is 3.79. The molecule has 0 fully saturated rings. The molecule has 1 heterocycles. The SMILES string of the molecule is Cn1c(=N)n(C[C@@H](O)c2ccc(Cl)c(Cl)c2)c2ccccc21. The van der Waals surface area contributed by atoms with Crippen LogP contribution in [0.25, 0.3) is 11.0 Å². The molecule has 0 aliphatic heterocycles. The summed E-state index contributed by atoms with van der Waals surface area (Å²) in [7, 11) is 1.84. The summed E-state index contributed by atoms with van der Waals surface area (Å²) >= 11 is 11.9. The number of halogens is 2. The van der Waals surface area contributed by atoms with Crippen LogP contribution in [-0.2, 0) is 13.6 Å². The van der Waals surface area contributed by atoms with E-state index in [1.807, 2.05) is 31.3 Å². The van der Waals surface area contributed by atoms with Crippen molar-refractivity contribution in [2.75, 3.05) is 0 Å². The molecule has 114 valence electrons. The molecule has 1 aromatic heterocycles. The highest BCUT2D eigenvalue weighted by Gasteiger charge is 2.14. The number of hydrogen-bond donors (Lipinski definition) is 2. The molecule has 2 N–H and O–H groups in total. The zero-order chi connectivity index (χ0) is 15.9. The lowest BCUT2D eigenvalue weighted by Gasteiger charge is -2.13. The maximum Gasteiger partial charge on any atom is 0.202 e. The summed E-state index contributed by atoms with van der Waals surface area (Å²) in [5.74, 6) is 0. The molecule has 0 amide bonds. The summed E-state index contributed by atoms with van der Waals surface area (Å²) in [5, 5.41) is 19.6. The van der Waals surface area contributed by atoms with Gasteiger partial charge >= 0.3 is 0 Å². The Bertz CT molecular complexity index is 898. The van der Waals surface area contributed by atoms with Crippen molar-refractivity contribution in [1.82, 2.24) is 9.13 Å². The first-order chi connectivity index (χ1) is 10.5. The van der Waals surface area contributed by atoms with Gasteiger partial charge in [-0.1, -0.05) is 41.4 Å². The molecule has 0 spiro atoms. The Balaban J connectivity index is 2.01. The normalized spacial score (nSPS) is 12.7. The van der Waals surface area contributed by atoms with Crippen molar-refractivity contribution in [1.29, 1.82) is 5.41 Å². The molecule has 0 aliphatic carbocycles. The second kappa shape index (κ2) is 5.80. The number of nitrogens with one attached hydrogen (secondary N) is 1. The fraction of sp³-hybridized carbons (Fsp3) is 0.188. The van der Waals surface area contributed by atoms with Crippen LogP contribution < -0.4 is 5.62 Å². The molecule has 0 aliphatic rings. The van der Waals surface area contributed by atoms with Crippen molar-refractivity contribution in [3.05, 3.63) is 63.7 Å². The monoisotopic (exact) mass is 335 g/mol. The van der Waals surface area contributed by atoms with E-state index < -0.39 is 6.10 Å². The molecule has 0 unspecified atom stereocenters. The van der Waals surface area contributed by atoms with Crippen LogP contribution in [0.4, 0.5) is 0 Å². The number of benzene rings is 2. The van der Waals surface area contributed by atoms with Gasteiger partial charge in [-0.3, -0.25) is 5.41 Å². The number of aryl methyl sites for hydroxylation is 1. The van der Waals surface area contributed by atoms with Crippen molar-refractivity contribution >= 4 is 34.2 Å². The average molecular weight is 336 g/mol. The van der Waals surface area contributed by atoms with E-state index in [1.165, 1.54) is 0 Å². The van der Waals surface area contributed by atoms with E-state index in [0.29, 0.717) is 21.2 Å². The Kier molecular flexibility index (Phi) is 4.00. The van der Waals surface area contributed by atoms with Crippen LogP contribution in [0.15, 0.2) is 42.5 Å². The third kappa shape index (κ3) is 2.54. The van der Waals surface area contributed by atoms with Crippen molar-refractivity contribution in [2.45, 2.75) is 12.6 Å². The van der Waals surface area contributed by atoms with Gasteiger partial charge in [-0.2, -0.15) is 0 Å². The van der Waals surface area contributed by atoms with Crippen LogP contribution in [0.1, 0.15) is 11.7 Å². The highest BCUT2D eigenvalue weighted by atomic mass is 35.5. The molecular weight excluding hydrogens is 321 g/mol. The number of aliphatic hydroxyl groups excluding tert-OH is 1. The lowest BCUT2D eigenvalue weighted by molar-refractivity contribution is 0.156. The molecule has 6 heteroatoms. The zero-order valence-corrected chi connectivity index (χ0v) is 13.4. The first kappa shape index (κ1) is 15.2. The molecule has 0 saturated carbocycles. The fourth-order valence-electron chi connectivity index (χ4n) is 2.57. The molecular formula is C16H15Cl2N3O. The van der Waals surface area contributed by atoms with Crippen LogP contribution in [0.5, 0.6) is 0 Å². The Morgan fingerprint density at radius 2 is 1.77 bits per heavy atom. The van der Waals surface area contributed by atoms with Gasteiger partial charge in [-0.25, -0.2) is 0 Å². The standard InChI is InChI=1S/C16H15Cl2N3O/c1-20-13-4-2-3-5-14(13)21(16(20)19)9-15(22)10-6-7-11(17)12(18)8-10/h2-8,15,19,22H,9H2,1H3/t15-/m1/s1. The van der Waals surface area contributed by atoms with Crippen LogP contribution in [0, 0.1) is 5.41 Å². The van der Waals surface area contributed by atoms with Gasteiger partial charge < -0.3 is 14.2 Å². The van der Waals surface area contributed by atoms with Gasteiger partial charge in [-0.15, -0.1) is 0 Å². The van der Waals surface area contributed by atoms with Crippen LogP contribution in [0.2, 0.25) is 10.0 Å². The Morgan fingerprint density at radius 1 is 1.09 bits per heavy atom. The number of para-hydroxylation sites is 2. The lowest BCUT2D eigenvalue weighted by Crippen LogP contribution is -2.25. The smallest absolute Gasteiger partial charge is 0.202 e. The Morgan fingerprint density at radius 3 is 2.45 bits per heavy atom. The number of hydrogen-bond acceptors (Lipinski definition) is 2. The van der Waals surface area contributed by atoms with Crippen molar-refractivity contribution < 1.29 is 5.11 Å². The predicted octanol–water partition coefficient (Wildman–Crippen LogP) is 3.50. The van der Waals surface area contributed by atoms with Gasteiger partial charge in [0.25, 0.3) is 0 Å². The largest absolute Gasteiger partial charge is 0.387 e. The lowest BCUT2D eigenvalue weighted by atomic mass is 10.1. The van der Waals surface area contributed by atoms with E-state index in [4.69, 9.17) is 28.6 Å². The molecule has 4 nitrogen and oxygen atoms in total. The van der Waals surface area contributed by atoms with Crippen molar-refractivity contribution in [2.24, 2.45) is 7.05 Å². The molecule has 0 saturated heterocycles. The zero-order valence-electron chi connectivity index (χ0n) is 11.9. The van der Waals surface area contributed by atoms with Gasteiger partial charge in [0.15, 0.2) is 0 Å². The summed E-state index contributed by atoms with van der Waals surface area (Å²) in [5.41, 5.74) is 2.87. The quantitative estimate of drug-likeness (QED) is 0.756. The van der Waals surface area contributed by atoms with Gasteiger partial charge in [0.05, 0.1) is 33.7 Å². The van der Waals surface area contributed by atoms with Crippen LogP contribution in [0.3, 0.4) is 0 Å². The highest BCUT2D eigenvalue weighted by Crippen LogP contribution is 2.26. The first-order valence-electron chi connectivity index (χ1n) is 6.81. The minimum atomic E-state index is -0.769. The van der Waals surface area contributed by atoms with Crippen molar-refractivity contribution in [3.63, 3.8) is 0 Å². The molecule has 0 radical (unpaired) electrons. The van der Waals surface area contributed by atoms with Gasteiger partial charge in [0.2, 0.25) is 5.62 Å². The minimum Gasteiger partial charge on any atom is -0.387 e. The molecule has 3 aromatic rings. The Hall–Kier alpha value is -1.75. The molecule has 1 atom stereocenters. The summed E-state index contributed by atoms with van der Waals surface area (Å²) in [4.78, 5) is 0. The van der Waals surface area contributed by atoms with E-state index in [2.05, 4.69) is 0 Å². The number of fused-ring (bicyclic) bond motifs is 1. The third-order valence-corrected chi connectivity index (χ3v) is 4.53. The number of nitrogens with zero attached hydrogens (tertiary/aromatic N) is 2. The maximum absolute atomic E-state index is 10.5. The predicted molar refractivity (Wildman–Crippen MR) is 88.2 cm³/mol. The van der Waals surface area contributed by atoms with Crippen LogP contribution in [-0.4, -0.2) is 14.2 Å².